The summed E-state index contributed by atoms with van der Waals surface area (Å²) >= 11 is 0.128. The minimum absolute atomic E-state index is 0. The van der Waals surface area contributed by atoms with Gasteiger partial charge in [0.25, 0.3) is 0 Å². The standard InChI is InChI=1S/C27H41O2SeTe.ClH/c1-26(2,3)24-18-21(19-25(30-24)27(4,5)6)15-20-16-22(11-7-9-13-28)31-23(17-20)12-8-10-14-29;/h15-19,28-29H,7-14H2,1-6H3;1H/q+1;/p-1. The van der Waals surface area contributed by atoms with Crippen molar-refractivity contribution in [1.82, 2.24) is 0 Å². The molecule has 0 aliphatic carbocycles. The van der Waals surface area contributed by atoms with E-state index in [2.05, 4.69) is 71.9 Å². The van der Waals surface area contributed by atoms with Crippen LogP contribution < -0.4 is 12.4 Å². The van der Waals surface area contributed by atoms with E-state index in [4.69, 9.17) is 0 Å². The van der Waals surface area contributed by atoms with Crippen LogP contribution in [0.25, 0.3) is 6.08 Å². The Labute approximate surface area is 218 Å². The quantitative estimate of drug-likeness (QED) is 0.323. The summed E-state index contributed by atoms with van der Waals surface area (Å²) in [4.78, 5) is 0. The van der Waals surface area contributed by atoms with Crippen molar-refractivity contribution in [1.29, 1.82) is 0 Å². The van der Waals surface area contributed by atoms with Crippen molar-refractivity contribution in [3.05, 3.63) is 51.5 Å². The van der Waals surface area contributed by atoms with Crippen molar-refractivity contribution in [3.63, 3.8) is 0 Å². The van der Waals surface area contributed by atoms with Gasteiger partial charge in [-0.2, -0.15) is 0 Å². The summed E-state index contributed by atoms with van der Waals surface area (Å²) in [7, 11) is 0. The van der Waals surface area contributed by atoms with Crippen molar-refractivity contribution in [3.8, 4) is 0 Å². The molecular weight excluding hydrogens is 598 g/mol. The molecule has 32 heavy (non-hydrogen) atoms. The van der Waals surface area contributed by atoms with Crippen molar-refractivity contribution >= 4 is 41.5 Å². The van der Waals surface area contributed by atoms with Crippen LogP contribution in [-0.4, -0.2) is 58.8 Å². The van der Waals surface area contributed by atoms with Gasteiger partial charge in [0.2, 0.25) is 0 Å². The molecular formula is C27H41ClO2SeTe. The van der Waals surface area contributed by atoms with Gasteiger partial charge in [-0.15, -0.1) is 0 Å². The summed E-state index contributed by atoms with van der Waals surface area (Å²) in [6, 6.07) is 4.86. The average molecular weight is 640 g/mol. The first-order valence-corrected chi connectivity index (χ1v) is 15.6. The molecule has 5 heteroatoms. The van der Waals surface area contributed by atoms with Crippen molar-refractivity contribution in [2.24, 2.45) is 10.8 Å². The second-order valence-electron chi connectivity index (χ2n) is 10.4. The van der Waals surface area contributed by atoms with Crippen LogP contribution in [0.2, 0.25) is 0 Å². The molecule has 0 spiro atoms. The molecule has 1 aliphatic rings. The van der Waals surface area contributed by atoms with Crippen LogP contribution in [0, 0.1) is 10.8 Å². The van der Waals surface area contributed by atoms with Gasteiger partial charge < -0.3 is 12.4 Å². The number of aryl methyl sites for hydroxylation is 2. The van der Waals surface area contributed by atoms with Crippen LogP contribution in [-0.2, 0) is 12.8 Å². The molecule has 1 aliphatic heterocycles. The second kappa shape index (κ2) is 13.8. The molecule has 2 rings (SSSR count). The van der Waals surface area contributed by atoms with Crippen LogP contribution in [0.15, 0.2) is 38.8 Å². The van der Waals surface area contributed by atoms with Gasteiger partial charge in [-0.05, 0) is 0 Å². The van der Waals surface area contributed by atoms with Gasteiger partial charge in [-0.25, -0.2) is 0 Å². The summed E-state index contributed by atoms with van der Waals surface area (Å²) in [5.41, 5.74) is 3.05. The zero-order valence-corrected chi connectivity index (χ0v) is 25.4. The van der Waals surface area contributed by atoms with E-state index in [9.17, 15) is 10.2 Å². The number of halogens is 1. The molecule has 0 bridgehead atoms. The summed E-state index contributed by atoms with van der Waals surface area (Å²) < 4.78 is 6.35. The Morgan fingerprint density at radius 2 is 1.22 bits per heavy atom. The average Bonchev–Trinajstić information content (AvgIpc) is 2.67. The van der Waals surface area contributed by atoms with E-state index in [1.165, 1.54) is 11.1 Å². The largest absolute Gasteiger partial charge is 1.00 e. The predicted octanol–water partition coefficient (Wildman–Crippen LogP) is 2.62. The molecule has 1 aromatic rings. The third-order valence-electron chi connectivity index (χ3n) is 5.21. The number of aliphatic hydroxyl groups excluding tert-OH is 2. The zero-order chi connectivity index (χ0) is 23.1. The van der Waals surface area contributed by atoms with E-state index in [-0.39, 0.29) is 56.9 Å². The Kier molecular flexibility index (Phi) is 13.0. The Morgan fingerprint density at radius 1 is 0.781 bits per heavy atom. The molecule has 2 nitrogen and oxygen atoms in total. The van der Waals surface area contributed by atoms with Crippen LogP contribution in [0.4, 0.5) is 0 Å². The molecule has 2 N–H and O–H groups in total. The van der Waals surface area contributed by atoms with E-state index in [1.807, 2.05) is 0 Å². The van der Waals surface area contributed by atoms with Gasteiger partial charge in [-0.3, -0.25) is 0 Å². The molecule has 2 heterocycles. The summed E-state index contributed by atoms with van der Waals surface area (Å²) in [5, 5.41) is 18.3. The van der Waals surface area contributed by atoms with Crippen molar-refractivity contribution < 1.29 is 22.6 Å². The van der Waals surface area contributed by atoms with Gasteiger partial charge in [0.05, 0.1) is 0 Å². The number of aliphatic hydroxyl groups is 2. The molecule has 0 saturated heterocycles. The predicted molar refractivity (Wildman–Crippen MR) is 137 cm³/mol. The molecule has 0 atom stereocenters. The SMILES string of the molecule is CC(C)(C)C1=CC(=Cc2cc(CCCCO)[te+]c(CCCCO)c2)C=C(C(C)(C)C)[Se]1.[Cl-]. The number of hydrogen-bond donors (Lipinski definition) is 2. The molecule has 0 saturated carbocycles. The second-order valence-corrected chi connectivity index (χ2v) is 16.3. The third kappa shape index (κ3) is 10.1. The van der Waals surface area contributed by atoms with Gasteiger partial charge in [0.15, 0.2) is 0 Å². The Morgan fingerprint density at radius 3 is 1.59 bits per heavy atom. The van der Waals surface area contributed by atoms with E-state index in [0.717, 1.165) is 38.5 Å². The van der Waals surface area contributed by atoms with Crippen LogP contribution in [0.1, 0.15) is 79.9 Å². The fourth-order valence-corrected chi connectivity index (χ4v) is 9.41. The summed E-state index contributed by atoms with van der Waals surface area (Å²) in [6.45, 7) is 14.6. The van der Waals surface area contributed by atoms with Crippen LogP contribution >= 0.6 is 0 Å². The first-order valence-electron chi connectivity index (χ1n) is 11.5. The minimum atomic E-state index is -0.283. The molecule has 0 unspecified atom stereocenters. The Bertz CT molecular complexity index is 769. The molecule has 0 fully saturated rings. The molecule has 0 radical (unpaired) electrons. The molecule has 1 aromatic heterocycles. The number of rotatable bonds is 9. The topological polar surface area (TPSA) is 40.5 Å². The number of unbranched alkanes of at least 4 members (excludes halogenated alkanes) is 2. The maximum absolute atomic E-state index is 9.17. The van der Waals surface area contributed by atoms with E-state index >= 15 is 0 Å². The third-order valence-corrected chi connectivity index (χ3v) is 12.5. The molecule has 180 valence electrons. The zero-order valence-electron chi connectivity index (χ0n) is 20.6. The van der Waals surface area contributed by atoms with Crippen LogP contribution in [0.5, 0.6) is 0 Å². The first-order chi connectivity index (χ1) is 14.5. The molecule has 0 amide bonds. The Hall–Kier alpha value is 0.0891. The normalized spacial score (nSPS) is 14.6. The fraction of sp³-hybridized carbons (Fsp3) is 0.593. The summed E-state index contributed by atoms with van der Waals surface area (Å²) in [6.07, 6.45) is 13.4. The van der Waals surface area contributed by atoms with E-state index in [0.29, 0.717) is 15.0 Å². The van der Waals surface area contributed by atoms with Gasteiger partial charge in [0, 0.05) is 0 Å². The van der Waals surface area contributed by atoms with Gasteiger partial charge in [0.1, 0.15) is 0 Å². The maximum atomic E-state index is 9.17. The maximum Gasteiger partial charge on any atom is -1.00 e. The van der Waals surface area contributed by atoms with E-state index in [1.54, 1.807) is 16.1 Å². The van der Waals surface area contributed by atoms with E-state index < -0.39 is 0 Å². The van der Waals surface area contributed by atoms with Crippen molar-refractivity contribution in [2.75, 3.05) is 13.2 Å². The van der Waals surface area contributed by atoms with Gasteiger partial charge in [-0.1, -0.05) is 0 Å². The van der Waals surface area contributed by atoms with Crippen LogP contribution in [0.3, 0.4) is 0 Å². The minimum Gasteiger partial charge on any atom is -1.00 e. The summed E-state index contributed by atoms with van der Waals surface area (Å²) in [5.74, 6) is 0. The molecule has 0 aromatic carbocycles. The van der Waals surface area contributed by atoms with Crippen molar-refractivity contribution in [2.45, 2.75) is 80.1 Å². The van der Waals surface area contributed by atoms with Gasteiger partial charge >= 0.3 is 207 Å². The monoisotopic (exact) mass is 642 g/mol. The Balaban J connectivity index is 0.00000512. The smallest absolute Gasteiger partial charge is 1.00 e. The first kappa shape index (κ1) is 30.1. The number of hydrogen-bond acceptors (Lipinski definition) is 2. The number of allylic oxidation sites excluding steroid dienone is 5. The fourth-order valence-electron chi connectivity index (χ4n) is 3.33.